The molecule has 4 atom stereocenters. The van der Waals surface area contributed by atoms with E-state index in [-0.39, 0.29) is 18.9 Å². The second kappa shape index (κ2) is 10.5. The number of nitrogens with one attached hydrogen (secondary N) is 1. The smallest absolute Gasteiger partial charge is 0.225 e. The maximum Gasteiger partial charge on any atom is 0.225 e. The van der Waals surface area contributed by atoms with Crippen LogP contribution in [0.2, 0.25) is 0 Å². The molecule has 180 valence electrons. The fourth-order valence-corrected chi connectivity index (χ4v) is 4.41. The molecule has 0 saturated carbocycles. The van der Waals surface area contributed by atoms with Crippen molar-refractivity contribution >= 4 is 11.6 Å². The van der Waals surface area contributed by atoms with Gasteiger partial charge in [0.05, 0.1) is 37.6 Å². The topological polar surface area (TPSA) is 125 Å². The van der Waals surface area contributed by atoms with Gasteiger partial charge in [-0.15, -0.1) is 5.10 Å². The first kappa shape index (κ1) is 23.4. The van der Waals surface area contributed by atoms with Crippen LogP contribution in [0.25, 0.3) is 0 Å². The van der Waals surface area contributed by atoms with Crippen molar-refractivity contribution in [3.8, 4) is 5.75 Å². The van der Waals surface area contributed by atoms with Crippen LogP contribution in [-0.2, 0) is 22.6 Å². The number of benzene rings is 1. The zero-order valence-electron chi connectivity index (χ0n) is 19.0. The number of amides is 1. The summed E-state index contributed by atoms with van der Waals surface area (Å²) in [4.78, 5) is 16.9. The number of anilines is 1. The summed E-state index contributed by atoms with van der Waals surface area (Å²) < 4.78 is 12.9. The first-order valence-electron chi connectivity index (χ1n) is 11.2. The number of para-hydroxylation sites is 2. The van der Waals surface area contributed by atoms with E-state index in [2.05, 4.69) is 20.5 Å². The quantitative estimate of drug-likeness (QED) is 0.466. The molecule has 3 heterocycles. The fourth-order valence-electron chi connectivity index (χ4n) is 4.41. The summed E-state index contributed by atoms with van der Waals surface area (Å²) in [5, 5.41) is 32.0. The van der Waals surface area contributed by atoms with Crippen LogP contribution in [-0.4, -0.2) is 101 Å². The van der Waals surface area contributed by atoms with Gasteiger partial charge in [-0.2, -0.15) is 0 Å². The van der Waals surface area contributed by atoms with E-state index < -0.39 is 24.4 Å². The summed E-state index contributed by atoms with van der Waals surface area (Å²) in [5.41, 5.74) is 1.78. The Labute approximate surface area is 192 Å². The lowest BCUT2D eigenvalue weighted by atomic mass is 10.0. The van der Waals surface area contributed by atoms with Gasteiger partial charge in [-0.25, -0.2) is 4.68 Å². The van der Waals surface area contributed by atoms with Gasteiger partial charge in [-0.3, -0.25) is 4.79 Å². The molecule has 2 aliphatic heterocycles. The molecule has 2 aliphatic rings. The first-order valence-corrected chi connectivity index (χ1v) is 11.2. The van der Waals surface area contributed by atoms with Gasteiger partial charge in [0, 0.05) is 38.9 Å². The van der Waals surface area contributed by atoms with E-state index in [0.29, 0.717) is 32.7 Å². The van der Waals surface area contributed by atoms with E-state index in [0.717, 1.165) is 17.1 Å². The maximum absolute atomic E-state index is 12.9. The SMILES string of the molecule is CNCc1cn(C[C@H]2O[C@@H](CC(=O)N3CCN(c4ccccc4OC)CC3)[C@H](O)[C@@H]2O)nn1. The summed E-state index contributed by atoms with van der Waals surface area (Å²) in [5.74, 6) is 0.717. The zero-order chi connectivity index (χ0) is 23.4. The Hall–Kier alpha value is -2.73. The van der Waals surface area contributed by atoms with E-state index in [1.54, 1.807) is 22.9 Å². The number of nitrogens with zero attached hydrogens (tertiary/aromatic N) is 5. The largest absolute Gasteiger partial charge is 0.495 e. The molecule has 2 saturated heterocycles. The Bertz CT molecular complexity index is 932. The molecule has 11 heteroatoms. The fraction of sp³-hybridized carbons (Fsp3) is 0.591. The predicted molar refractivity (Wildman–Crippen MR) is 120 cm³/mol. The monoisotopic (exact) mass is 460 g/mol. The molecule has 1 amide bonds. The van der Waals surface area contributed by atoms with E-state index >= 15 is 0 Å². The molecule has 0 bridgehead atoms. The summed E-state index contributed by atoms with van der Waals surface area (Å²) in [6.07, 6.45) is -1.87. The van der Waals surface area contributed by atoms with E-state index in [1.165, 1.54) is 0 Å². The lowest BCUT2D eigenvalue weighted by molar-refractivity contribution is -0.135. The van der Waals surface area contributed by atoms with Crippen LogP contribution in [0.1, 0.15) is 12.1 Å². The lowest BCUT2D eigenvalue weighted by Gasteiger charge is -2.37. The highest BCUT2D eigenvalue weighted by Crippen LogP contribution is 2.29. The standard InChI is InChI=1S/C22H32N6O5/c1-23-12-15-13-28(25-24-15)14-19-22(31)21(30)18(33-19)11-20(29)27-9-7-26(8-10-27)16-5-3-4-6-17(16)32-2/h3-6,13,18-19,21-23,30-31H,7-12,14H2,1-2H3/t18-,19+,21-,22+/m0/s1. The van der Waals surface area contributed by atoms with Crippen LogP contribution >= 0.6 is 0 Å². The van der Waals surface area contributed by atoms with E-state index in [1.807, 2.05) is 31.3 Å². The van der Waals surface area contributed by atoms with Crippen molar-refractivity contribution in [2.24, 2.45) is 0 Å². The van der Waals surface area contributed by atoms with Crippen molar-refractivity contribution < 1.29 is 24.5 Å². The first-order chi connectivity index (χ1) is 16.0. The molecule has 0 spiro atoms. The average molecular weight is 461 g/mol. The minimum absolute atomic E-state index is 0.0196. The Morgan fingerprint density at radius 2 is 1.91 bits per heavy atom. The Morgan fingerprint density at radius 1 is 1.18 bits per heavy atom. The number of hydrogen-bond acceptors (Lipinski definition) is 9. The van der Waals surface area contributed by atoms with Gasteiger partial charge in [-0.1, -0.05) is 17.3 Å². The zero-order valence-corrected chi connectivity index (χ0v) is 19.0. The van der Waals surface area contributed by atoms with Crippen LogP contribution < -0.4 is 15.0 Å². The number of methoxy groups -OCH3 is 1. The lowest BCUT2D eigenvalue weighted by Crippen LogP contribution is -2.50. The molecular weight excluding hydrogens is 428 g/mol. The Balaban J connectivity index is 1.29. The number of carbonyl (C=O) groups excluding carboxylic acids is 1. The van der Waals surface area contributed by atoms with Crippen LogP contribution in [0.15, 0.2) is 30.5 Å². The number of piperazine rings is 1. The van der Waals surface area contributed by atoms with Gasteiger partial charge in [0.25, 0.3) is 0 Å². The molecule has 11 nitrogen and oxygen atoms in total. The van der Waals surface area contributed by atoms with Crippen LogP contribution in [0, 0.1) is 0 Å². The normalized spacial score (nSPS) is 25.5. The summed E-state index contributed by atoms with van der Waals surface area (Å²) in [6, 6.07) is 7.84. The molecule has 3 N–H and O–H groups in total. The number of hydrogen-bond donors (Lipinski definition) is 3. The molecule has 4 rings (SSSR count). The third-order valence-corrected chi connectivity index (χ3v) is 6.21. The molecule has 1 aromatic heterocycles. The van der Waals surface area contributed by atoms with E-state index in [4.69, 9.17) is 9.47 Å². The third-order valence-electron chi connectivity index (χ3n) is 6.21. The van der Waals surface area contributed by atoms with Crippen LogP contribution in [0.3, 0.4) is 0 Å². The molecule has 1 aromatic carbocycles. The van der Waals surface area contributed by atoms with Crippen molar-refractivity contribution in [1.82, 2.24) is 25.2 Å². The highest BCUT2D eigenvalue weighted by molar-refractivity contribution is 5.77. The van der Waals surface area contributed by atoms with Gasteiger partial charge < -0.3 is 34.8 Å². The molecule has 0 radical (unpaired) electrons. The van der Waals surface area contributed by atoms with Gasteiger partial charge in [0.15, 0.2) is 0 Å². The number of aliphatic hydroxyl groups is 2. The third kappa shape index (κ3) is 5.27. The number of ether oxygens (including phenoxy) is 2. The average Bonchev–Trinajstić information content (AvgIpc) is 3.39. The number of aromatic nitrogens is 3. The highest BCUT2D eigenvalue weighted by atomic mass is 16.5. The van der Waals surface area contributed by atoms with Gasteiger partial charge in [-0.05, 0) is 19.2 Å². The van der Waals surface area contributed by atoms with Crippen molar-refractivity contribution in [3.63, 3.8) is 0 Å². The Kier molecular flexibility index (Phi) is 7.43. The second-order valence-corrected chi connectivity index (χ2v) is 8.40. The van der Waals surface area contributed by atoms with Gasteiger partial charge >= 0.3 is 0 Å². The minimum Gasteiger partial charge on any atom is -0.495 e. The summed E-state index contributed by atoms with van der Waals surface area (Å²) in [7, 11) is 3.47. The van der Waals surface area contributed by atoms with Gasteiger partial charge in [0.1, 0.15) is 24.1 Å². The van der Waals surface area contributed by atoms with Crippen molar-refractivity contribution in [1.29, 1.82) is 0 Å². The highest BCUT2D eigenvalue weighted by Gasteiger charge is 2.44. The summed E-state index contributed by atoms with van der Waals surface area (Å²) >= 11 is 0. The molecule has 2 fully saturated rings. The minimum atomic E-state index is -1.13. The molecule has 2 aromatic rings. The second-order valence-electron chi connectivity index (χ2n) is 8.40. The molecule has 0 unspecified atom stereocenters. The number of aliphatic hydroxyl groups excluding tert-OH is 2. The molecular formula is C22H32N6O5. The Morgan fingerprint density at radius 3 is 2.64 bits per heavy atom. The number of carbonyl (C=O) groups is 1. The van der Waals surface area contributed by atoms with Crippen molar-refractivity contribution in [3.05, 3.63) is 36.2 Å². The van der Waals surface area contributed by atoms with Crippen LogP contribution in [0.4, 0.5) is 5.69 Å². The summed E-state index contributed by atoms with van der Waals surface area (Å²) in [6.45, 7) is 3.34. The van der Waals surface area contributed by atoms with Gasteiger partial charge in [0.2, 0.25) is 5.91 Å². The van der Waals surface area contributed by atoms with Crippen LogP contribution in [0.5, 0.6) is 5.75 Å². The van der Waals surface area contributed by atoms with E-state index in [9.17, 15) is 15.0 Å². The molecule has 0 aliphatic carbocycles. The van der Waals surface area contributed by atoms with Crippen molar-refractivity contribution in [2.45, 2.75) is 43.9 Å². The predicted octanol–water partition coefficient (Wildman–Crippen LogP) is -0.766. The molecule has 33 heavy (non-hydrogen) atoms. The number of rotatable bonds is 8. The van der Waals surface area contributed by atoms with Crippen molar-refractivity contribution in [2.75, 3.05) is 45.2 Å². The maximum atomic E-state index is 12.9.